The minimum Gasteiger partial charge on any atom is -0.394 e. The molecule has 3 rings (SSSR count). The first-order valence-corrected chi connectivity index (χ1v) is 9.85. The highest BCUT2D eigenvalue weighted by molar-refractivity contribution is 4.93. The van der Waals surface area contributed by atoms with Crippen LogP contribution in [0.3, 0.4) is 0 Å². The van der Waals surface area contributed by atoms with Crippen LogP contribution in [0.2, 0.25) is 0 Å². The Morgan fingerprint density at radius 3 is 1.87 bits per heavy atom. The molecule has 31 heavy (non-hydrogen) atoms. The van der Waals surface area contributed by atoms with Crippen LogP contribution in [0.5, 0.6) is 0 Å². The first kappa shape index (κ1) is 25.1. The molecule has 0 saturated carbocycles. The average molecular weight is 458 g/mol. The third kappa shape index (κ3) is 5.02. The molecule has 3 heterocycles. The van der Waals surface area contributed by atoms with E-state index in [4.69, 9.17) is 23.7 Å². The molecular formula is C17H30O14. The van der Waals surface area contributed by atoms with Crippen LogP contribution >= 0.6 is 0 Å². The highest BCUT2D eigenvalue weighted by Crippen LogP contribution is 2.30. The van der Waals surface area contributed by atoms with Crippen molar-refractivity contribution in [3.05, 3.63) is 0 Å². The molecule has 14 nitrogen and oxygen atoms in total. The summed E-state index contributed by atoms with van der Waals surface area (Å²) in [5.74, 6) is 0. The van der Waals surface area contributed by atoms with Crippen LogP contribution in [0.25, 0.3) is 0 Å². The zero-order valence-electron chi connectivity index (χ0n) is 16.6. The van der Waals surface area contributed by atoms with Crippen molar-refractivity contribution in [2.24, 2.45) is 0 Å². The summed E-state index contributed by atoms with van der Waals surface area (Å²) in [5.41, 5.74) is 0. The monoisotopic (exact) mass is 458 g/mol. The van der Waals surface area contributed by atoms with Gasteiger partial charge >= 0.3 is 0 Å². The molecule has 14 atom stereocenters. The minimum absolute atomic E-state index is 0.408. The van der Waals surface area contributed by atoms with Gasteiger partial charge in [0.25, 0.3) is 0 Å². The van der Waals surface area contributed by atoms with Gasteiger partial charge in [-0.2, -0.15) is 0 Å². The van der Waals surface area contributed by atoms with Crippen LogP contribution in [0.4, 0.5) is 0 Å². The second-order valence-corrected chi connectivity index (χ2v) is 7.87. The lowest BCUT2D eigenvalue weighted by Crippen LogP contribution is -2.64. The van der Waals surface area contributed by atoms with Gasteiger partial charge in [-0.15, -0.1) is 0 Å². The van der Waals surface area contributed by atoms with Gasteiger partial charge < -0.3 is 69.6 Å². The predicted octanol–water partition coefficient (Wildman–Crippen LogP) is -5.91. The molecular weight excluding hydrogens is 428 g/mol. The van der Waals surface area contributed by atoms with Crippen LogP contribution in [0.1, 0.15) is 6.92 Å². The highest BCUT2D eigenvalue weighted by atomic mass is 16.8. The normalized spacial score (nSPS) is 54.0. The topological polar surface area (TPSA) is 228 Å². The van der Waals surface area contributed by atoms with Gasteiger partial charge in [0.05, 0.1) is 19.3 Å². The average Bonchev–Trinajstić information content (AvgIpc) is 2.75. The van der Waals surface area contributed by atoms with Crippen LogP contribution in [-0.2, 0) is 23.7 Å². The zero-order chi connectivity index (χ0) is 23.0. The number of ether oxygens (including phenoxy) is 5. The number of aliphatic hydroxyl groups is 9. The molecule has 0 bridgehead atoms. The Balaban J connectivity index is 1.75. The van der Waals surface area contributed by atoms with E-state index in [9.17, 15) is 46.0 Å². The Hall–Kier alpha value is -0.560. The lowest BCUT2D eigenvalue weighted by molar-refractivity contribution is -0.376. The Morgan fingerprint density at radius 2 is 1.26 bits per heavy atom. The van der Waals surface area contributed by atoms with Gasteiger partial charge in [-0.3, -0.25) is 0 Å². The standard InChI is InChI=1S/C17H30O14/c1-4-7(20)9(22)11(24)16(28-4)31-14-13(5(19)3-27-15(14)26)30-17-12(25)10(23)8(21)6(2-18)29-17/h4-26H,2-3H2,1H3/t4-,5+,6-,7+,8-,9+,10+,11-,12-,13+,14-,15-,16-,17+/m1/s1. The van der Waals surface area contributed by atoms with E-state index in [1.165, 1.54) is 6.92 Å². The maximum Gasteiger partial charge on any atom is 0.187 e. The molecule has 0 aromatic heterocycles. The molecule has 3 fully saturated rings. The molecule has 0 unspecified atom stereocenters. The van der Waals surface area contributed by atoms with Gasteiger partial charge in [0, 0.05) is 0 Å². The molecule has 0 amide bonds. The molecule has 0 spiro atoms. The van der Waals surface area contributed by atoms with E-state index in [-0.39, 0.29) is 0 Å². The van der Waals surface area contributed by atoms with Crippen LogP contribution < -0.4 is 0 Å². The summed E-state index contributed by atoms with van der Waals surface area (Å²) in [6.45, 7) is 0.305. The summed E-state index contributed by atoms with van der Waals surface area (Å²) in [4.78, 5) is 0. The number of hydrogen-bond acceptors (Lipinski definition) is 14. The molecule has 0 radical (unpaired) electrons. The van der Waals surface area contributed by atoms with Gasteiger partial charge in [-0.05, 0) is 6.92 Å². The van der Waals surface area contributed by atoms with E-state index in [0.717, 1.165) is 0 Å². The summed E-state index contributed by atoms with van der Waals surface area (Å²) in [6.07, 6.45) is -21.4. The fraction of sp³-hybridized carbons (Fsp3) is 1.00. The molecule has 3 aliphatic heterocycles. The molecule has 182 valence electrons. The van der Waals surface area contributed by atoms with Crippen molar-refractivity contribution in [1.82, 2.24) is 0 Å². The summed E-state index contributed by atoms with van der Waals surface area (Å²) < 4.78 is 26.6. The Kier molecular flexibility index (Phi) is 8.21. The lowest BCUT2D eigenvalue weighted by Gasteiger charge is -2.46. The number of hydrogen-bond donors (Lipinski definition) is 9. The second kappa shape index (κ2) is 10.1. The minimum atomic E-state index is -1.78. The fourth-order valence-electron chi connectivity index (χ4n) is 3.70. The van der Waals surface area contributed by atoms with Crippen molar-refractivity contribution < 1.29 is 69.6 Å². The fourth-order valence-corrected chi connectivity index (χ4v) is 3.70. The first-order chi connectivity index (χ1) is 14.6. The molecule has 0 aromatic carbocycles. The third-order valence-corrected chi connectivity index (χ3v) is 5.66. The van der Waals surface area contributed by atoms with Crippen molar-refractivity contribution in [2.75, 3.05) is 13.2 Å². The van der Waals surface area contributed by atoms with Gasteiger partial charge in [0.15, 0.2) is 18.9 Å². The van der Waals surface area contributed by atoms with Crippen molar-refractivity contribution in [3.8, 4) is 0 Å². The third-order valence-electron chi connectivity index (χ3n) is 5.66. The SMILES string of the molecule is C[C@H]1O[C@H](O[C@@H]2[C@@H](O[C@@H]3O[C@H](CO)[C@@H](O)[C@H](O)[C@H]3O)[C@@H](O)CO[C@H]2O)[C@H](O)[C@@H](O)[C@H]1O. The van der Waals surface area contributed by atoms with Crippen molar-refractivity contribution in [1.29, 1.82) is 0 Å². The molecule has 14 heteroatoms. The van der Waals surface area contributed by atoms with E-state index < -0.39 is 99.2 Å². The smallest absolute Gasteiger partial charge is 0.187 e. The van der Waals surface area contributed by atoms with Crippen LogP contribution in [0.15, 0.2) is 0 Å². The quantitative estimate of drug-likeness (QED) is 0.187. The Morgan fingerprint density at radius 1 is 0.710 bits per heavy atom. The molecule has 3 aliphatic rings. The van der Waals surface area contributed by atoms with E-state index >= 15 is 0 Å². The first-order valence-electron chi connectivity index (χ1n) is 9.85. The molecule has 0 aliphatic carbocycles. The van der Waals surface area contributed by atoms with E-state index in [1.54, 1.807) is 0 Å². The Bertz CT molecular complexity index is 579. The summed E-state index contributed by atoms with van der Waals surface area (Å²) >= 11 is 0. The zero-order valence-corrected chi connectivity index (χ0v) is 16.6. The molecule has 9 N–H and O–H groups in total. The van der Waals surface area contributed by atoms with Gasteiger partial charge in [-0.1, -0.05) is 0 Å². The van der Waals surface area contributed by atoms with E-state index in [1.807, 2.05) is 0 Å². The van der Waals surface area contributed by atoms with Crippen LogP contribution in [-0.4, -0.2) is 145 Å². The highest BCUT2D eigenvalue weighted by Gasteiger charge is 2.51. The Labute approximate surface area is 176 Å². The molecule has 3 saturated heterocycles. The maximum atomic E-state index is 10.3. The predicted molar refractivity (Wildman–Crippen MR) is 93.8 cm³/mol. The van der Waals surface area contributed by atoms with Gasteiger partial charge in [-0.25, -0.2) is 0 Å². The largest absolute Gasteiger partial charge is 0.394 e. The van der Waals surface area contributed by atoms with Crippen molar-refractivity contribution >= 4 is 0 Å². The summed E-state index contributed by atoms with van der Waals surface area (Å²) in [6, 6.07) is 0. The van der Waals surface area contributed by atoms with Gasteiger partial charge in [0.2, 0.25) is 0 Å². The maximum absolute atomic E-state index is 10.3. The molecule has 0 aromatic rings. The van der Waals surface area contributed by atoms with Crippen LogP contribution in [0, 0.1) is 0 Å². The van der Waals surface area contributed by atoms with Crippen molar-refractivity contribution in [2.45, 2.75) is 92.9 Å². The summed E-state index contributed by atoms with van der Waals surface area (Å²) in [7, 11) is 0. The van der Waals surface area contributed by atoms with Gasteiger partial charge in [0.1, 0.15) is 61.0 Å². The number of aliphatic hydroxyl groups excluding tert-OH is 9. The number of rotatable bonds is 5. The van der Waals surface area contributed by atoms with Crippen molar-refractivity contribution in [3.63, 3.8) is 0 Å². The van der Waals surface area contributed by atoms with E-state index in [0.29, 0.717) is 0 Å². The lowest BCUT2D eigenvalue weighted by atomic mass is 9.98. The van der Waals surface area contributed by atoms with E-state index in [2.05, 4.69) is 0 Å². The summed E-state index contributed by atoms with van der Waals surface area (Å²) in [5, 5.41) is 89.7. The second-order valence-electron chi connectivity index (χ2n) is 7.87.